The lowest BCUT2D eigenvalue weighted by atomic mass is 10.2. The summed E-state index contributed by atoms with van der Waals surface area (Å²) in [5.41, 5.74) is 1.76. The maximum Gasteiger partial charge on any atom is 0.161 e. The van der Waals surface area contributed by atoms with Gasteiger partial charge in [0, 0.05) is 13.1 Å². The largest absolute Gasteiger partial charge is 0.365 e. The molecule has 0 aliphatic heterocycles. The Kier molecular flexibility index (Phi) is 4.71. The standard InChI is InChI=1S/C13H14BrFN2/c1-4-17(8-9(2)3)11-6-5-10(7-16)12(14)13(11)15/h5-6H,2,4,8H2,1,3H3. The van der Waals surface area contributed by atoms with Crippen LogP contribution in [0.25, 0.3) is 0 Å². The Balaban J connectivity index is 3.18. The lowest BCUT2D eigenvalue weighted by molar-refractivity contribution is 0.614. The van der Waals surface area contributed by atoms with Crippen molar-refractivity contribution in [1.29, 1.82) is 5.26 Å². The molecular weight excluding hydrogens is 283 g/mol. The van der Waals surface area contributed by atoms with Crippen LogP contribution in [-0.2, 0) is 0 Å². The Morgan fingerprint density at radius 3 is 2.71 bits per heavy atom. The summed E-state index contributed by atoms with van der Waals surface area (Å²) in [4.78, 5) is 1.88. The lowest BCUT2D eigenvalue weighted by Crippen LogP contribution is -2.25. The van der Waals surface area contributed by atoms with Crippen molar-refractivity contribution in [3.05, 3.63) is 40.1 Å². The maximum absolute atomic E-state index is 14.1. The number of hydrogen-bond donors (Lipinski definition) is 0. The van der Waals surface area contributed by atoms with Crippen molar-refractivity contribution in [1.82, 2.24) is 0 Å². The molecule has 0 saturated carbocycles. The third-order valence-corrected chi connectivity index (χ3v) is 3.14. The van der Waals surface area contributed by atoms with Crippen LogP contribution in [0.5, 0.6) is 0 Å². The Morgan fingerprint density at radius 2 is 2.24 bits per heavy atom. The van der Waals surface area contributed by atoms with Crippen LogP contribution in [-0.4, -0.2) is 13.1 Å². The van der Waals surface area contributed by atoms with Gasteiger partial charge in [0.1, 0.15) is 6.07 Å². The van der Waals surface area contributed by atoms with Gasteiger partial charge in [-0.15, -0.1) is 0 Å². The Morgan fingerprint density at radius 1 is 1.59 bits per heavy atom. The van der Waals surface area contributed by atoms with Crippen molar-refractivity contribution >= 4 is 21.6 Å². The van der Waals surface area contributed by atoms with Crippen LogP contribution in [0.1, 0.15) is 19.4 Å². The van der Waals surface area contributed by atoms with E-state index in [1.807, 2.05) is 24.8 Å². The Bertz CT molecular complexity index is 477. The van der Waals surface area contributed by atoms with E-state index in [0.717, 1.165) is 5.57 Å². The van der Waals surface area contributed by atoms with Crippen LogP contribution in [0.2, 0.25) is 0 Å². The molecule has 0 fully saturated rings. The van der Waals surface area contributed by atoms with Crippen LogP contribution in [0.4, 0.5) is 10.1 Å². The van der Waals surface area contributed by atoms with Gasteiger partial charge in [0.2, 0.25) is 0 Å². The zero-order chi connectivity index (χ0) is 13.0. The van der Waals surface area contributed by atoms with Crippen molar-refractivity contribution in [3.63, 3.8) is 0 Å². The molecule has 0 N–H and O–H groups in total. The fraction of sp³-hybridized carbons (Fsp3) is 0.308. The van der Waals surface area contributed by atoms with Crippen molar-refractivity contribution in [3.8, 4) is 6.07 Å². The number of benzene rings is 1. The Hall–Kier alpha value is -1.34. The van der Waals surface area contributed by atoms with Gasteiger partial charge in [-0.05, 0) is 41.9 Å². The fourth-order valence-electron chi connectivity index (χ4n) is 1.56. The highest BCUT2D eigenvalue weighted by Crippen LogP contribution is 2.29. The van der Waals surface area contributed by atoms with E-state index in [1.54, 1.807) is 12.1 Å². The van der Waals surface area contributed by atoms with Crippen molar-refractivity contribution < 1.29 is 4.39 Å². The number of hydrogen-bond acceptors (Lipinski definition) is 2. The number of halogens is 2. The normalized spacial score (nSPS) is 9.82. The predicted octanol–water partition coefficient (Wildman–Crippen LogP) is 3.86. The minimum Gasteiger partial charge on any atom is -0.365 e. The van der Waals surface area contributed by atoms with E-state index in [0.29, 0.717) is 24.3 Å². The van der Waals surface area contributed by atoms with Gasteiger partial charge in [-0.2, -0.15) is 5.26 Å². The van der Waals surface area contributed by atoms with Gasteiger partial charge in [-0.1, -0.05) is 12.2 Å². The first-order valence-electron chi connectivity index (χ1n) is 5.28. The van der Waals surface area contributed by atoms with E-state index >= 15 is 0 Å². The molecule has 0 aliphatic carbocycles. The number of rotatable bonds is 4. The summed E-state index contributed by atoms with van der Waals surface area (Å²) in [6.07, 6.45) is 0. The zero-order valence-corrected chi connectivity index (χ0v) is 11.5. The monoisotopic (exact) mass is 296 g/mol. The topological polar surface area (TPSA) is 27.0 Å². The summed E-state index contributed by atoms with van der Waals surface area (Å²) in [5, 5.41) is 8.80. The first-order valence-corrected chi connectivity index (χ1v) is 6.08. The second kappa shape index (κ2) is 5.83. The SMILES string of the molecule is C=C(C)CN(CC)c1ccc(C#N)c(Br)c1F. The summed E-state index contributed by atoms with van der Waals surface area (Å²) in [6.45, 7) is 8.97. The molecule has 0 saturated heterocycles. The molecule has 1 aromatic rings. The van der Waals surface area contributed by atoms with E-state index in [4.69, 9.17) is 5.26 Å². The zero-order valence-electron chi connectivity index (χ0n) is 9.93. The molecule has 0 atom stereocenters. The van der Waals surface area contributed by atoms with E-state index < -0.39 is 5.82 Å². The average molecular weight is 297 g/mol. The molecule has 0 amide bonds. The van der Waals surface area contributed by atoms with Gasteiger partial charge in [0.25, 0.3) is 0 Å². The molecular formula is C13H14BrFN2. The summed E-state index contributed by atoms with van der Waals surface area (Å²) in [6, 6.07) is 5.18. The molecule has 0 radical (unpaired) electrons. The highest BCUT2D eigenvalue weighted by atomic mass is 79.9. The van der Waals surface area contributed by atoms with E-state index in [2.05, 4.69) is 22.5 Å². The second-order valence-corrected chi connectivity index (χ2v) is 4.64. The first kappa shape index (κ1) is 13.7. The molecule has 0 aliphatic rings. The van der Waals surface area contributed by atoms with Crippen LogP contribution < -0.4 is 4.90 Å². The van der Waals surface area contributed by atoms with Crippen molar-refractivity contribution in [2.24, 2.45) is 0 Å². The molecule has 2 nitrogen and oxygen atoms in total. The molecule has 0 aromatic heterocycles. The molecule has 4 heteroatoms. The van der Waals surface area contributed by atoms with Crippen molar-refractivity contribution in [2.45, 2.75) is 13.8 Å². The third kappa shape index (κ3) is 3.07. The van der Waals surface area contributed by atoms with Gasteiger partial charge >= 0.3 is 0 Å². The Labute approximate surface area is 109 Å². The molecule has 1 rings (SSSR count). The smallest absolute Gasteiger partial charge is 0.161 e. The van der Waals surface area contributed by atoms with Crippen molar-refractivity contribution in [2.75, 3.05) is 18.0 Å². The molecule has 17 heavy (non-hydrogen) atoms. The van der Waals surface area contributed by atoms with Gasteiger partial charge in [-0.25, -0.2) is 4.39 Å². The molecule has 1 aromatic carbocycles. The summed E-state index contributed by atoms with van der Waals surface area (Å²) < 4.78 is 14.3. The summed E-state index contributed by atoms with van der Waals surface area (Å²) in [7, 11) is 0. The second-order valence-electron chi connectivity index (χ2n) is 3.84. The van der Waals surface area contributed by atoms with E-state index in [9.17, 15) is 4.39 Å². The van der Waals surface area contributed by atoms with E-state index in [-0.39, 0.29) is 4.47 Å². The average Bonchev–Trinajstić information content (AvgIpc) is 2.29. The number of likely N-dealkylation sites (N-methyl/N-ethyl adjacent to an activating group) is 1. The number of nitriles is 1. The highest BCUT2D eigenvalue weighted by molar-refractivity contribution is 9.10. The molecule has 0 heterocycles. The number of nitrogens with zero attached hydrogens (tertiary/aromatic N) is 2. The van der Waals surface area contributed by atoms with Crippen LogP contribution >= 0.6 is 15.9 Å². The van der Waals surface area contributed by atoms with Crippen LogP contribution in [0.15, 0.2) is 28.8 Å². The lowest BCUT2D eigenvalue weighted by Gasteiger charge is -2.24. The number of anilines is 1. The third-order valence-electron chi connectivity index (χ3n) is 2.37. The van der Waals surface area contributed by atoms with Crippen LogP contribution in [0.3, 0.4) is 0 Å². The molecule has 0 unspecified atom stereocenters. The van der Waals surface area contributed by atoms with Gasteiger partial charge in [0.05, 0.1) is 15.7 Å². The maximum atomic E-state index is 14.1. The van der Waals surface area contributed by atoms with Crippen LogP contribution in [0, 0.1) is 17.1 Å². The minimum absolute atomic E-state index is 0.220. The summed E-state index contributed by atoms with van der Waals surface area (Å²) >= 11 is 3.11. The molecule has 0 bridgehead atoms. The van der Waals surface area contributed by atoms with Gasteiger partial charge < -0.3 is 4.90 Å². The first-order chi connectivity index (χ1) is 8.01. The minimum atomic E-state index is -0.396. The fourth-order valence-corrected chi connectivity index (χ4v) is 1.99. The quantitative estimate of drug-likeness (QED) is 0.789. The molecule has 90 valence electrons. The predicted molar refractivity (Wildman–Crippen MR) is 71.5 cm³/mol. The van der Waals surface area contributed by atoms with Gasteiger partial charge in [-0.3, -0.25) is 0 Å². The summed E-state index contributed by atoms with van der Waals surface area (Å²) in [5.74, 6) is -0.396. The van der Waals surface area contributed by atoms with Gasteiger partial charge in [0.15, 0.2) is 5.82 Å². The van der Waals surface area contributed by atoms with E-state index in [1.165, 1.54) is 0 Å². The highest BCUT2D eigenvalue weighted by Gasteiger charge is 2.15. The molecule has 0 spiro atoms.